The molecule has 95 heavy (non-hydrogen) atoms. The first kappa shape index (κ1) is 93.2. The fourth-order valence-corrected chi connectivity index (χ4v) is 13.7. The minimum Gasteiger partial charge on any atom is -0.387 e. The normalized spacial score (nSPS) is 13.7. The molecule has 560 valence electrons. The van der Waals surface area contributed by atoms with Gasteiger partial charge < -0.3 is 19.8 Å². The fourth-order valence-electron chi connectivity index (χ4n) is 12.9. The molecular weight excluding hydrogens is 1190 g/mol. The Morgan fingerprint density at radius 1 is 0.358 bits per heavy atom. The molecule has 0 heterocycles. The van der Waals surface area contributed by atoms with Crippen molar-refractivity contribution in [2.24, 2.45) is 0 Å². The Morgan fingerprint density at radius 3 is 0.905 bits per heavy atom. The van der Waals surface area contributed by atoms with Gasteiger partial charge in [-0.1, -0.05) is 408 Å². The van der Waals surface area contributed by atoms with Crippen LogP contribution in [-0.4, -0.2) is 73.4 Å². The Morgan fingerprint density at radius 2 is 0.611 bits per heavy atom. The van der Waals surface area contributed by atoms with Gasteiger partial charge in [0, 0.05) is 6.42 Å². The van der Waals surface area contributed by atoms with Gasteiger partial charge in [-0.15, -0.1) is 0 Å². The predicted molar refractivity (Wildman–Crippen MR) is 420 cm³/mol. The minimum absolute atomic E-state index is 0.0545. The molecule has 3 atom stereocenters. The molecule has 0 bridgehead atoms. The number of likely N-dealkylation sites (N-methyl/N-ethyl adjacent to an activating group) is 1. The number of rotatable bonds is 79. The van der Waals surface area contributed by atoms with Gasteiger partial charge in [0.15, 0.2) is 0 Å². The number of aliphatic hydroxyl groups is 1. The van der Waals surface area contributed by atoms with E-state index in [2.05, 4.69) is 67.8 Å². The van der Waals surface area contributed by atoms with Gasteiger partial charge in [0.25, 0.3) is 0 Å². The summed E-state index contributed by atoms with van der Waals surface area (Å²) in [4.78, 5) is 23.5. The van der Waals surface area contributed by atoms with Crippen LogP contribution in [0.4, 0.5) is 0 Å². The van der Waals surface area contributed by atoms with Crippen LogP contribution in [0.3, 0.4) is 0 Å². The maximum absolute atomic E-state index is 13.1. The summed E-state index contributed by atoms with van der Waals surface area (Å²) >= 11 is 0. The highest BCUT2D eigenvalue weighted by atomic mass is 31.2. The van der Waals surface area contributed by atoms with Crippen LogP contribution < -0.4 is 5.32 Å². The first-order valence-corrected chi connectivity index (χ1v) is 43.7. The Balaban J connectivity index is 3.95. The predicted octanol–water partition coefficient (Wildman–Crippen LogP) is 27.8. The van der Waals surface area contributed by atoms with E-state index in [9.17, 15) is 19.4 Å². The molecule has 0 radical (unpaired) electrons. The van der Waals surface area contributed by atoms with E-state index in [0.29, 0.717) is 17.4 Å². The summed E-state index contributed by atoms with van der Waals surface area (Å²) < 4.78 is 23.9. The molecule has 0 aromatic carbocycles. The molecule has 9 heteroatoms. The largest absolute Gasteiger partial charge is 0.472 e. The first-order valence-electron chi connectivity index (χ1n) is 42.2. The highest BCUT2D eigenvalue weighted by Crippen LogP contribution is 2.43. The molecule has 8 nitrogen and oxygen atoms in total. The third kappa shape index (κ3) is 79.4. The number of unbranched alkanes of at least 4 members (excludes halogenated alkanes) is 58. The smallest absolute Gasteiger partial charge is 0.387 e. The van der Waals surface area contributed by atoms with E-state index in [0.717, 1.165) is 51.4 Å². The standard InChI is InChI=1S/C86H165N2O6P/c1-6-8-10-12-14-16-18-20-22-24-26-28-30-32-34-36-38-40-41-42-43-44-45-46-47-48-50-52-54-56-58-60-62-64-66-68-70-72-74-76-78-80-86(90)87-84(83-94-95(91,92)93-82-81-88(3,4)5)85(89)79-77-75-73-71-69-67-65-63-61-59-57-55-53-51-49-39-37-35-33-31-29-27-25-23-21-19-17-15-13-11-9-7-2/h18,20,24,26,61,63,69,71,77,79,84-85,89H,6-17,19,21-23,25,27-60,62,64-68,70,72-76,78,80-83H2,1-5H3,(H-,87,90,91,92)/p+1/b20-18-,26-24-,63-61+,71-69+,79-77+. The maximum Gasteiger partial charge on any atom is 0.472 e. The average molecular weight is 1360 g/mol. The summed E-state index contributed by atoms with van der Waals surface area (Å²) in [5, 5.41) is 14.0. The fraction of sp³-hybridized carbons (Fsp3) is 0.872. The summed E-state index contributed by atoms with van der Waals surface area (Å²) in [6.07, 6.45) is 107. The molecule has 0 saturated carbocycles. The summed E-state index contributed by atoms with van der Waals surface area (Å²) in [5.41, 5.74) is 0. The van der Waals surface area contributed by atoms with Crippen LogP contribution >= 0.6 is 7.82 Å². The van der Waals surface area contributed by atoms with Crippen molar-refractivity contribution in [3.63, 3.8) is 0 Å². The second kappa shape index (κ2) is 76.4. The van der Waals surface area contributed by atoms with E-state index < -0.39 is 20.0 Å². The zero-order chi connectivity index (χ0) is 69.0. The number of allylic oxidation sites excluding steroid dienone is 9. The average Bonchev–Trinajstić information content (AvgIpc) is 2.01. The molecule has 3 unspecified atom stereocenters. The number of phosphoric ester groups is 1. The van der Waals surface area contributed by atoms with Crippen LogP contribution in [-0.2, 0) is 18.4 Å². The number of nitrogens with zero attached hydrogens (tertiary/aromatic N) is 1. The van der Waals surface area contributed by atoms with Crippen LogP contribution in [0.15, 0.2) is 60.8 Å². The number of hydrogen-bond acceptors (Lipinski definition) is 5. The minimum atomic E-state index is -4.37. The summed E-state index contributed by atoms with van der Waals surface area (Å²) in [6, 6.07) is -0.872. The van der Waals surface area contributed by atoms with Crippen molar-refractivity contribution >= 4 is 13.7 Å². The number of nitrogens with one attached hydrogen (secondary N) is 1. The van der Waals surface area contributed by atoms with Crippen molar-refractivity contribution in [2.75, 3.05) is 40.9 Å². The van der Waals surface area contributed by atoms with Crippen molar-refractivity contribution in [1.82, 2.24) is 5.32 Å². The second-order valence-electron chi connectivity index (χ2n) is 30.2. The lowest BCUT2D eigenvalue weighted by atomic mass is 10.0. The quantitative estimate of drug-likeness (QED) is 0.0243. The molecule has 0 fully saturated rings. The van der Waals surface area contributed by atoms with E-state index in [4.69, 9.17) is 9.05 Å². The number of carbonyl (C=O) groups is 1. The Bertz CT molecular complexity index is 1740. The number of quaternary nitrogens is 1. The van der Waals surface area contributed by atoms with Crippen LogP contribution in [0.25, 0.3) is 0 Å². The molecule has 0 aliphatic carbocycles. The van der Waals surface area contributed by atoms with E-state index >= 15 is 0 Å². The van der Waals surface area contributed by atoms with Gasteiger partial charge in [-0.25, -0.2) is 4.57 Å². The summed E-state index contributed by atoms with van der Waals surface area (Å²) in [5.74, 6) is -0.183. The molecule has 0 aliphatic heterocycles. The van der Waals surface area contributed by atoms with Crippen molar-refractivity contribution in [1.29, 1.82) is 0 Å². The maximum atomic E-state index is 13.1. The molecule has 0 rings (SSSR count). The number of carbonyl (C=O) groups excluding carboxylic acids is 1. The van der Waals surface area contributed by atoms with Gasteiger partial charge in [0.05, 0.1) is 39.9 Å². The molecular formula is C86H166N2O6P+. The van der Waals surface area contributed by atoms with E-state index in [1.54, 1.807) is 6.08 Å². The lowest BCUT2D eigenvalue weighted by Gasteiger charge is -2.25. The van der Waals surface area contributed by atoms with Crippen molar-refractivity contribution < 1.29 is 32.9 Å². The Labute approximate surface area is 593 Å². The highest BCUT2D eigenvalue weighted by molar-refractivity contribution is 7.47. The topological polar surface area (TPSA) is 105 Å². The zero-order valence-electron chi connectivity index (χ0n) is 64.4. The van der Waals surface area contributed by atoms with Gasteiger partial charge >= 0.3 is 7.82 Å². The summed E-state index contributed by atoms with van der Waals surface area (Å²) in [7, 11) is 1.56. The van der Waals surface area contributed by atoms with E-state index in [1.807, 2.05) is 27.2 Å². The summed E-state index contributed by atoms with van der Waals surface area (Å²) in [6.45, 7) is 4.84. The SMILES string of the molecule is CCCCCCC/C=C\C/C=C\CCCCCCCCCCCCCCCCCCCCCCCCCCCCCCCC(=O)NC(COP(=O)(O)OCC[N+](C)(C)C)C(O)/C=C/CC/C=C/CC/C=C/CCCCCCCCCCCCCCCCCCCCCCCC. The van der Waals surface area contributed by atoms with Gasteiger partial charge in [-0.2, -0.15) is 0 Å². The highest BCUT2D eigenvalue weighted by Gasteiger charge is 2.28. The van der Waals surface area contributed by atoms with Gasteiger partial charge in [-0.3, -0.25) is 13.8 Å². The third-order valence-electron chi connectivity index (χ3n) is 19.4. The van der Waals surface area contributed by atoms with Crippen LogP contribution in [0.2, 0.25) is 0 Å². The number of phosphoric acid groups is 1. The number of amides is 1. The molecule has 3 N–H and O–H groups in total. The molecule has 0 aliphatic rings. The molecule has 0 spiro atoms. The Kier molecular flexibility index (Phi) is 74.9. The van der Waals surface area contributed by atoms with Crippen molar-refractivity contribution in [2.45, 2.75) is 443 Å². The van der Waals surface area contributed by atoms with Gasteiger partial charge in [0.2, 0.25) is 5.91 Å². The molecule has 0 saturated heterocycles. The van der Waals surface area contributed by atoms with Crippen molar-refractivity contribution in [3.05, 3.63) is 60.8 Å². The third-order valence-corrected chi connectivity index (χ3v) is 20.4. The molecule has 0 aromatic rings. The van der Waals surface area contributed by atoms with Crippen molar-refractivity contribution in [3.8, 4) is 0 Å². The lowest BCUT2D eigenvalue weighted by molar-refractivity contribution is -0.870. The molecule has 1 amide bonds. The van der Waals surface area contributed by atoms with Crippen LogP contribution in [0.5, 0.6) is 0 Å². The lowest BCUT2D eigenvalue weighted by Crippen LogP contribution is -2.45. The van der Waals surface area contributed by atoms with Gasteiger partial charge in [0.1, 0.15) is 13.2 Å². The number of aliphatic hydroxyl groups excluding tert-OH is 1. The second-order valence-corrected chi connectivity index (χ2v) is 31.6. The van der Waals surface area contributed by atoms with E-state index in [-0.39, 0.29) is 19.1 Å². The zero-order valence-corrected chi connectivity index (χ0v) is 65.3. The van der Waals surface area contributed by atoms with Crippen LogP contribution in [0.1, 0.15) is 431 Å². The monoisotopic (exact) mass is 1350 g/mol. The van der Waals surface area contributed by atoms with E-state index in [1.165, 1.54) is 360 Å². The first-order chi connectivity index (χ1) is 46.5. The number of hydrogen-bond donors (Lipinski definition) is 3. The van der Waals surface area contributed by atoms with Crippen LogP contribution in [0, 0.1) is 0 Å². The van der Waals surface area contributed by atoms with Gasteiger partial charge in [-0.05, 0) is 77.0 Å². The molecule has 0 aromatic heterocycles. The Hall–Kier alpha value is -1.80.